The van der Waals surface area contributed by atoms with Crippen molar-refractivity contribution in [2.45, 2.75) is 31.8 Å². The molecule has 8 nitrogen and oxygen atoms in total. The summed E-state index contributed by atoms with van der Waals surface area (Å²) in [4.78, 5) is 17.7. The van der Waals surface area contributed by atoms with E-state index in [2.05, 4.69) is 32.7 Å². The largest absolute Gasteiger partial charge is 0.497 e. The van der Waals surface area contributed by atoms with E-state index in [9.17, 15) is 10.1 Å². The summed E-state index contributed by atoms with van der Waals surface area (Å²) in [5.41, 5.74) is 1.96. The minimum atomic E-state index is -0.358. The van der Waals surface area contributed by atoms with Crippen LogP contribution in [0.2, 0.25) is 0 Å². The molecule has 1 heterocycles. The Morgan fingerprint density at radius 3 is 2.44 bits per heavy atom. The predicted octanol–water partition coefficient (Wildman–Crippen LogP) is 4.11. The molecule has 1 fully saturated rings. The number of nitrogens with zero attached hydrogens (tertiary/aromatic N) is 3. The molecule has 0 radical (unpaired) electrons. The summed E-state index contributed by atoms with van der Waals surface area (Å²) in [5, 5.41) is 17.9. The molecule has 32 heavy (non-hydrogen) atoms. The molecule has 1 aliphatic rings. The molecule has 1 unspecified atom stereocenters. The molecule has 3 rings (SSSR count). The Morgan fingerprint density at radius 1 is 1.12 bits per heavy atom. The van der Waals surface area contributed by atoms with Gasteiger partial charge in [-0.2, -0.15) is 0 Å². The fourth-order valence-corrected chi connectivity index (χ4v) is 3.95. The minimum Gasteiger partial charge on any atom is -0.497 e. The SMILES string of the molecule is CN=C(NCc1ccccc1[N+](=O)[O-])NCC(c1ccc(OC)cc1)N1CCCCC1.I. The van der Waals surface area contributed by atoms with Gasteiger partial charge in [-0.05, 0) is 43.6 Å². The Hall–Kier alpha value is -2.40. The molecule has 2 aromatic carbocycles. The van der Waals surface area contributed by atoms with Gasteiger partial charge in [-0.15, -0.1) is 24.0 Å². The average molecular weight is 553 g/mol. The van der Waals surface area contributed by atoms with Crippen LogP contribution in [0.4, 0.5) is 5.69 Å². The molecular formula is C23H32IN5O3. The van der Waals surface area contributed by atoms with Crippen molar-refractivity contribution in [2.75, 3.05) is 33.8 Å². The van der Waals surface area contributed by atoms with Crippen LogP contribution in [0.25, 0.3) is 0 Å². The Kier molecular flexibility index (Phi) is 10.7. The first kappa shape index (κ1) is 25.9. The number of hydrogen-bond donors (Lipinski definition) is 2. The number of piperidine rings is 1. The third-order valence-electron chi connectivity index (χ3n) is 5.65. The van der Waals surface area contributed by atoms with Crippen LogP contribution in [0.5, 0.6) is 5.75 Å². The van der Waals surface area contributed by atoms with Gasteiger partial charge in [0, 0.05) is 31.8 Å². The summed E-state index contributed by atoms with van der Waals surface area (Å²) >= 11 is 0. The Bertz CT molecular complexity index is 885. The van der Waals surface area contributed by atoms with Crippen LogP contribution in [-0.4, -0.2) is 49.6 Å². The van der Waals surface area contributed by atoms with E-state index < -0.39 is 0 Å². The highest BCUT2D eigenvalue weighted by molar-refractivity contribution is 14.0. The zero-order valence-corrected chi connectivity index (χ0v) is 21.0. The number of guanidine groups is 1. The van der Waals surface area contributed by atoms with E-state index in [-0.39, 0.29) is 40.6 Å². The summed E-state index contributed by atoms with van der Waals surface area (Å²) in [6.07, 6.45) is 3.69. The maximum absolute atomic E-state index is 11.2. The summed E-state index contributed by atoms with van der Waals surface area (Å²) in [6, 6.07) is 15.2. The number of hydrogen-bond acceptors (Lipinski definition) is 5. The van der Waals surface area contributed by atoms with Gasteiger partial charge in [0.05, 0.1) is 18.1 Å². The van der Waals surface area contributed by atoms with Gasteiger partial charge in [-0.1, -0.05) is 36.8 Å². The molecule has 0 aromatic heterocycles. The second-order valence-corrected chi connectivity index (χ2v) is 7.58. The van der Waals surface area contributed by atoms with Crippen molar-refractivity contribution in [3.63, 3.8) is 0 Å². The van der Waals surface area contributed by atoms with E-state index in [0.29, 0.717) is 24.6 Å². The molecular weight excluding hydrogens is 521 g/mol. The first-order valence-corrected chi connectivity index (χ1v) is 10.7. The lowest BCUT2D eigenvalue weighted by Gasteiger charge is -2.35. The molecule has 1 saturated heterocycles. The van der Waals surface area contributed by atoms with Gasteiger partial charge in [0.2, 0.25) is 0 Å². The number of likely N-dealkylation sites (tertiary alicyclic amines) is 1. The van der Waals surface area contributed by atoms with Gasteiger partial charge in [0.1, 0.15) is 5.75 Å². The number of nitrogens with one attached hydrogen (secondary N) is 2. The third-order valence-corrected chi connectivity index (χ3v) is 5.65. The van der Waals surface area contributed by atoms with Crippen molar-refractivity contribution in [3.05, 3.63) is 69.8 Å². The first-order chi connectivity index (χ1) is 15.1. The van der Waals surface area contributed by atoms with Crippen molar-refractivity contribution in [1.82, 2.24) is 15.5 Å². The molecule has 0 amide bonds. The van der Waals surface area contributed by atoms with Crippen LogP contribution >= 0.6 is 24.0 Å². The number of halogens is 1. The van der Waals surface area contributed by atoms with E-state index in [4.69, 9.17) is 4.74 Å². The number of ether oxygens (including phenoxy) is 1. The first-order valence-electron chi connectivity index (χ1n) is 10.7. The maximum atomic E-state index is 11.2. The monoisotopic (exact) mass is 553 g/mol. The van der Waals surface area contributed by atoms with Gasteiger partial charge < -0.3 is 15.4 Å². The van der Waals surface area contributed by atoms with Crippen LogP contribution in [0, 0.1) is 10.1 Å². The second kappa shape index (κ2) is 13.2. The molecule has 9 heteroatoms. The van der Waals surface area contributed by atoms with Gasteiger partial charge in [0.25, 0.3) is 5.69 Å². The molecule has 2 N–H and O–H groups in total. The standard InChI is InChI=1S/C23H31N5O3.HI/c1-24-23(25-16-19-8-4-5-9-21(19)28(29)30)26-17-22(27-14-6-3-7-15-27)18-10-12-20(31-2)13-11-18;/h4-5,8-13,22H,3,6-7,14-17H2,1-2H3,(H2,24,25,26);1H. The molecule has 174 valence electrons. The lowest BCUT2D eigenvalue weighted by Crippen LogP contribution is -2.44. The van der Waals surface area contributed by atoms with Crippen LogP contribution in [0.15, 0.2) is 53.5 Å². The zero-order chi connectivity index (χ0) is 22.1. The smallest absolute Gasteiger partial charge is 0.274 e. The topological polar surface area (TPSA) is 92.0 Å². The average Bonchev–Trinajstić information content (AvgIpc) is 2.82. The molecule has 0 spiro atoms. The van der Waals surface area contributed by atoms with Gasteiger partial charge in [0.15, 0.2) is 5.96 Å². The van der Waals surface area contributed by atoms with E-state index in [0.717, 1.165) is 18.8 Å². The number of methoxy groups -OCH3 is 1. The molecule has 2 aromatic rings. The predicted molar refractivity (Wildman–Crippen MR) is 138 cm³/mol. The van der Waals surface area contributed by atoms with Crippen molar-refractivity contribution in [3.8, 4) is 5.75 Å². The molecule has 0 bridgehead atoms. The van der Waals surface area contributed by atoms with E-state index in [1.54, 1.807) is 32.4 Å². The Balaban J connectivity index is 0.00000363. The number of aliphatic imine (C=N–C) groups is 1. The number of rotatable bonds is 8. The van der Waals surface area contributed by atoms with Crippen LogP contribution in [0.1, 0.15) is 36.4 Å². The number of nitro benzene ring substituents is 1. The third kappa shape index (κ3) is 7.06. The quantitative estimate of drug-likeness (QED) is 0.168. The van der Waals surface area contributed by atoms with Gasteiger partial charge in [-0.25, -0.2) is 0 Å². The molecule has 1 aliphatic heterocycles. The van der Waals surface area contributed by atoms with E-state index in [1.807, 2.05) is 12.1 Å². The lowest BCUT2D eigenvalue weighted by atomic mass is 10.0. The van der Waals surface area contributed by atoms with Crippen molar-refractivity contribution < 1.29 is 9.66 Å². The zero-order valence-electron chi connectivity index (χ0n) is 18.6. The fourth-order valence-electron chi connectivity index (χ4n) is 3.95. The summed E-state index contributed by atoms with van der Waals surface area (Å²) in [7, 11) is 3.38. The van der Waals surface area contributed by atoms with Gasteiger partial charge >= 0.3 is 0 Å². The molecule has 0 aliphatic carbocycles. The minimum absolute atomic E-state index is 0. The number of para-hydroxylation sites is 1. The van der Waals surface area contributed by atoms with Crippen molar-refractivity contribution in [2.24, 2.45) is 4.99 Å². The molecule has 1 atom stereocenters. The fraction of sp³-hybridized carbons (Fsp3) is 0.435. The summed E-state index contributed by atoms with van der Waals surface area (Å²) in [5.74, 6) is 1.46. The highest BCUT2D eigenvalue weighted by Gasteiger charge is 2.23. The van der Waals surface area contributed by atoms with Crippen LogP contribution < -0.4 is 15.4 Å². The van der Waals surface area contributed by atoms with Crippen molar-refractivity contribution in [1.29, 1.82) is 0 Å². The Labute approximate surface area is 206 Å². The number of nitro groups is 1. The van der Waals surface area contributed by atoms with E-state index >= 15 is 0 Å². The van der Waals surface area contributed by atoms with Crippen LogP contribution in [0.3, 0.4) is 0 Å². The highest BCUT2D eigenvalue weighted by Crippen LogP contribution is 2.26. The summed E-state index contributed by atoms with van der Waals surface area (Å²) < 4.78 is 5.30. The Morgan fingerprint density at radius 2 is 1.81 bits per heavy atom. The van der Waals surface area contributed by atoms with Gasteiger partial charge in [-0.3, -0.25) is 20.0 Å². The maximum Gasteiger partial charge on any atom is 0.274 e. The van der Waals surface area contributed by atoms with Crippen molar-refractivity contribution >= 4 is 35.6 Å². The number of benzene rings is 2. The lowest BCUT2D eigenvalue weighted by molar-refractivity contribution is -0.385. The highest BCUT2D eigenvalue weighted by atomic mass is 127. The molecule has 0 saturated carbocycles. The normalized spacial score (nSPS) is 15.4. The van der Waals surface area contributed by atoms with E-state index in [1.165, 1.54) is 30.9 Å². The summed E-state index contributed by atoms with van der Waals surface area (Å²) in [6.45, 7) is 3.15. The second-order valence-electron chi connectivity index (χ2n) is 7.58. The van der Waals surface area contributed by atoms with Crippen LogP contribution in [-0.2, 0) is 6.54 Å².